The van der Waals surface area contributed by atoms with Gasteiger partial charge in [-0.05, 0) is 44.5 Å². The number of nitrogens with two attached hydrogens (primary N) is 1. The summed E-state index contributed by atoms with van der Waals surface area (Å²) in [5.74, 6) is 0.645. The van der Waals surface area contributed by atoms with Crippen molar-refractivity contribution in [2.24, 2.45) is 10.7 Å². The normalized spacial score (nSPS) is 18.9. The number of hydrogen-bond acceptors (Lipinski definition) is 4. The molecule has 0 bridgehead atoms. The lowest BCUT2D eigenvalue weighted by Gasteiger charge is -2.30. The molecule has 2 heterocycles. The molecule has 0 spiro atoms. The van der Waals surface area contributed by atoms with E-state index in [0.29, 0.717) is 12.0 Å². The quantitative estimate of drug-likeness (QED) is 0.911. The first kappa shape index (κ1) is 12.9. The zero-order valence-electron chi connectivity index (χ0n) is 12.2. The van der Waals surface area contributed by atoms with E-state index in [2.05, 4.69) is 53.0 Å². The van der Waals surface area contributed by atoms with Gasteiger partial charge in [0.1, 0.15) is 0 Å². The minimum Gasteiger partial charge on any atom is -0.370 e. The molecule has 1 atom stereocenters. The summed E-state index contributed by atoms with van der Waals surface area (Å²) < 4.78 is 0. The average molecular weight is 268 g/mol. The van der Waals surface area contributed by atoms with Gasteiger partial charge in [-0.2, -0.15) is 0 Å². The minimum atomic E-state index is 0.237. The van der Waals surface area contributed by atoms with Crippen LogP contribution in [0.3, 0.4) is 0 Å². The van der Waals surface area contributed by atoms with Crippen molar-refractivity contribution in [2.75, 3.05) is 6.54 Å². The number of pyridine rings is 1. The molecule has 0 radical (unpaired) electrons. The van der Waals surface area contributed by atoms with Crippen molar-refractivity contribution < 1.29 is 0 Å². The third-order valence-corrected chi connectivity index (χ3v) is 3.82. The van der Waals surface area contributed by atoms with Gasteiger partial charge in [0.25, 0.3) is 0 Å². The summed E-state index contributed by atoms with van der Waals surface area (Å²) in [5, 5.41) is 1.17. The van der Waals surface area contributed by atoms with E-state index in [9.17, 15) is 0 Å². The molecule has 0 fully saturated rings. The fourth-order valence-electron chi connectivity index (χ4n) is 2.85. The number of nitrogens with zero attached hydrogens (tertiary/aromatic N) is 3. The highest BCUT2D eigenvalue weighted by Crippen LogP contribution is 2.29. The molecule has 1 unspecified atom stereocenters. The molecular weight excluding hydrogens is 248 g/mol. The number of guanidine groups is 1. The van der Waals surface area contributed by atoms with Crippen LogP contribution >= 0.6 is 0 Å². The first-order valence-corrected chi connectivity index (χ1v) is 7.02. The predicted molar refractivity (Wildman–Crippen MR) is 82.7 cm³/mol. The van der Waals surface area contributed by atoms with Crippen molar-refractivity contribution in [3.63, 3.8) is 0 Å². The minimum absolute atomic E-state index is 0.237. The molecule has 1 aliphatic rings. The highest BCUT2D eigenvalue weighted by Gasteiger charge is 2.29. The molecule has 0 amide bonds. The van der Waals surface area contributed by atoms with Crippen molar-refractivity contribution in [1.29, 1.82) is 0 Å². The van der Waals surface area contributed by atoms with E-state index in [0.717, 1.165) is 17.8 Å². The van der Waals surface area contributed by atoms with E-state index >= 15 is 0 Å². The van der Waals surface area contributed by atoms with Crippen LogP contribution < -0.4 is 5.73 Å². The van der Waals surface area contributed by atoms with Crippen molar-refractivity contribution in [3.8, 4) is 0 Å². The summed E-state index contributed by atoms with van der Waals surface area (Å²) in [4.78, 5) is 11.1. The second-order valence-electron chi connectivity index (χ2n) is 5.62. The van der Waals surface area contributed by atoms with Crippen LogP contribution in [0.15, 0.2) is 35.3 Å². The van der Waals surface area contributed by atoms with Gasteiger partial charge in [0.05, 0.1) is 18.1 Å². The summed E-state index contributed by atoms with van der Waals surface area (Å²) in [6, 6.07) is 11.2. The Bertz CT molecular complexity index is 675. The lowest BCUT2D eigenvalue weighted by atomic mass is 10.0. The molecule has 2 N–H and O–H groups in total. The SMILES string of the molecule is Cc1ccc2cc(C3CN=C(N)N3C(C)C)ccc2n1. The summed E-state index contributed by atoms with van der Waals surface area (Å²) in [6.45, 7) is 7.04. The first-order chi connectivity index (χ1) is 9.56. The fraction of sp³-hybridized carbons (Fsp3) is 0.375. The highest BCUT2D eigenvalue weighted by atomic mass is 15.3. The third kappa shape index (κ3) is 2.11. The average Bonchev–Trinajstić information content (AvgIpc) is 2.80. The van der Waals surface area contributed by atoms with Gasteiger partial charge in [-0.15, -0.1) is 0 Å². The Morgan fingerprint density at radius 1 is 1.25 bits per heavy atom. The van der Waals surface area contributed by atoms with Gasteiger partial charge in [-0.1, -0.05) is 12.1 Å². The van der Waals surface area contributed by atoms with E-state index in [1.165, 1.54) is 10.9 Å². The lowest BCUT2D eigenvalue weighted by molar-refractivity contribution is 0.290. The molecule has 0 saturated heterocycles. The zero-order valence-corrected chi connectivity index (χ0v) is 12.2. The molecule has 4 nitrogen and oxygen atoms in total. The standard InChI is InChI=1S/C16H20N4/c1-10(2)20-15(9-18-16(20)17)13-6-7-14-12(8-13)5-4-11(3)19-14/h4-8,10,15H,9H2,1-3H3,(H2,17,18). The smallest absolute Gasteiger partial charge is 0.192 e. The molecule has 0 aliphatic carbocycles. The number of aliphatic imine (C=N–C) groups is 1. The van der Waals surface area contributed by atoms with Crippen molar-refractivity contribution in [2.45, 2.75) is 32.9 Å². The lowest BCUT2D eigenvalue weighted by Crippen LogP contribution is -2.40. The Kier molecular flexibility index (Phi) is 3.08. The number of benzene rings is 1. The molecule has 4 heteroatoms. The molecule has 20 heavy (non-hydrogen) atoms. The molecule has 1 aliphatic heterocycles. The van der Waals surface area contributed by atoms with Crippen LogP contribution in [0.2, 0.25) is 0 Å². The number of fused-ring (bicyclic) bond motifs is 1. The third-order valence-electron chi connectivity index (χ3n) is 3.82. The Hall–Kier alpha value is -2.10. The maximum Gasteiger partial charge on any atom is 0.192 e. The number of aryl methyl sites for hydroxylation is 1. The van der Waals surface area contributed by atoms with E-state index < -0.39 is 0 Å². The summed E-state index contributed by atoms with van der Waals surface area (Å²) in [5.41, 5.74) is 9.34. The van der Waals surface area contributed by atoms with Gasteiger partial charge >= 0.3 is 0 Å². The molecular formula is C16H20N4. The maximum absolute atomic E-state index is 6.00. The maximum atomic E-state index is 6.00. The van der Waals surface area contributed by atoms with Gasteiger partial charge in [0.2, 0.25) is 0 Å². The van der Waals surface area contributed by atoms with E-state index in [1.54, 1.807) is 0 Å². The predicted octanol–water partition coefficient (Wildman–Crippen LogP) is 2.62. The monoisotopic (exact) mass is 268 g/mol. The van der Waals surface area contributed by atoms with Crippen molar-refractivity contribution >= 4 is 16.9 Å². The van der Waals surface area contributed by atoms with Gasteiger partial charge in [-0.25, -0.2) is 0 Å². The topological polar surface area (TPSA) is 54.5 Å². The second-order valence-corrected chi connectivity index (χ2v) is 5.62. The van der Waals surface area contributed by atoms with E-state index in [4.69, 9.17) is 5.73 Å². The van der Waals surface area contributed by atoms with Crippen LogP contribution in [-0.4, -0.2) is 28.4 Å². The summed E-state index contributed by atoms with van der Waals surface area (Å²) >= 11 is 0. The summed E-state index contributed by atoms with van der Waals surface area (Å²) in [6.07, 6.45) is 0. The van der Waals surface area contributed by atoms with Crippen LogP contribution in [0, 0.1) is 6.92 Å². The molecule has 2 aromatic rings. The van der Waals surface area contributed by atoms with Gasteiger partial charge in [0.15, 0.2) is 5.96 Å². The van der Waals surface area contributed by atoms with Crippen LogP contribution in [0.1, 0.15) is 31.1 Å². The van der Waals surface area contributed by atoms with Gasteiger partial charge < -0.3 is 10.6 Å². The molecule has 1 aromatic carbocycles. The Balaban J connectivity index is 2.00. The number of aromatic nitrogens is 1. The number of rotatable bonds is 2. The Morgan fingerprint density at radius 2 is 2.05 bits per heavy atom. The van der Waals surface area contributed by atoms with E-state index in [-0.39, 0.29) is 6.04 Å². The highest BCUT2D eigenvalue weighted by molar-refractivity contribution is 5.82. The van der Waals surface area contributed by atoms with Crippen LogP contribution in [0.4, 0.5) is 0 Å². The summed E-state index contributed by atoms with van der Waals surface area (Å²) in [7, 11) is 0. The van der Waals surface area contributed by atoms with Crippen molar-refractivity contribution in [3.05, 3.63) is 41.6 Å². The molecule has 104 valence electrons. The number of hydrogen-bond donors (Lipinski definition) is 1. The molecule has 1 aromatic heterocycles. The Labute approximate surface area is 119 Å². The second kappa shape index (κ2) is 4.78. The first-order valence-electron chi connectivity index (χ1n) is 7.02. The zero-order chi connectivity index (χ0) is 14.3. The van der Waals surface area contributed by atoms with Crippen molar-refractivity contribution in [1.82, 2.24) is 9.88 Å². The Morgan fingerprint density at radius 3 is 2.80 bits per heavy atom. The molecule has 0 saturated carbocycles. The van der Waals surface area contributed by atoms with Crippen LogP contribution in [-0.2, 0) is 0 Å². The van der Waals surface area contributed by atoms with E-state index in [1.807, 2.05) is 13.0 Å². The van der Waals surface area contributed by atoms with Gasteiger partial charge in [-0.3, -0.25) is 9.98 Å². The molecule has 3 rings (SSSR count). The fourth-order valence-corrected chi connectivity index (χ4v) is 2.85. The van der Waals surface area contributed by atoms with Crippen LogP contribution in [0.5, 0.6) is 0 Å². The van der Waals surface area contributed by atoms with Crippen LogP contribution in [0.25, 0.3) is 10.9 Å². The van der Waals surface area contributed by atoms with Gasteiger partial charge in [0, 0.05) is 17.1 Å². The largest absolute Gasteiger partial charge is 0.370 e.